The molecule has 2 aromatic heterocycles. The fourth-order valence-corrected chi connectivity index (χ4v) is 3.45. The van der Waals surface area contributed by atoms with E-state index in [-0.39, 0.29) is 0 Å². The molecular weight excluding hydrogens is 384 g/mol. The van der Waals surface area contributed by atoms with E-state index in [2.05, 4.69) is 4.98 Å². The largest absolute Gasteiger partial charge is 0.497 e. The summed E-state index contributed by atoms with van der Waals surface area (Å²) in [6.07, 6.45) is 0. The zero-order chi connectivity index (χ0) is 21.1. The van der Waals surface area contributed by atoms with Gasteiger partial charge in [-0.25, -0.2) is 9.78 Å². The van der Waals surface area contributed by atoms with Gasteiger partial charge in [-0.15, -0.1) is 0 Å². The Morgan fingerprint density at radius 3 is 2.37 bits per heavy atom. The van der Waals surface area contributed by atoms with Gasteiger partial charge < -0.3 is 14.0 Å². The third kappa shape index (κ3) is 3.65. The van der Waals surface area contributed by atoms with Gasteiger partial charge in [-0.2, -0.15) is 0 Å². The minimum atomic E-state index is -0.492. The monoisotopic (exact) mass is 406 g/mol. The number of H-pyrrole nitrogens is 1. The van der Waals surface area contributed by atoms with Crippen molar-refractivity contribution in [1.29, 1.82) is 0 Å². The number of methoxy groups -OCH3 is 2. The quantitative estimate of drug-likeness (QED) is 0.508. The van der Waals surface area contributed by atoms with Gasteiger partial charge in [-0.1, -0.05) is 30.3 Å². The maximum atomic E-state index is 12.7. The maximum absolute atomic E-state index is 12.7. The number of nitrogens with one attached hydrogen (secondary N) is 1. The van der Waals surface area contributed by atoms with Crippen molar-refractivity contribution in [3.05, 3.63) is 81.0 Å². The molecule has 2 heterocycles. The van der Waals surface area contributed by atoms with E-state index in [1.165, 1.54) is 4.57 Å². The highest BCUT2D eigenvalue weighted by Crippen LogP contribution is 2.25. The van der Waals surface area contributed by atoms with Gasteiger partial charge in [-0.05, 0) is 29.8 Å². The Hall–Kier alpha value is -3.65. The Kier molecular flexibility index (Phi) is 5.49. The van der Waals surface area contributed by atoms with Crippen LogP contribution in [0, 0.1) is 0 Å². The first kappa shape index (κ1) is 19.7. The van der Waals surface area contributed by atoms with E-state index in [4.69, 9.17) is 14.5 Å². The molecule has 0 unspecified atom stereocenters. The Morgan fingerprint density at radius 2 is 1.70 bits per heavy atom. The second-order valence-electron chi connectivity index (χ2n) is 6.81. The second-order valence-corrected chi connectivity index (χ2v) is 6.81. The predicted molar refractivity (Wildman–Crippen MR) is 114 cm³/mol. The fraction of sp³-hybridized carbons (Fsp3) is 0.227. The number of ether oxygens (including phenoxy) is 2. The van der Waals surface area contributed by atoms with E-state index in [0.717, 1.165) is 16.9 Å². The van der Waals surface area contributed by atoms with E-state index >= 15 is 0 Å². The van der Waals surface area contributed by atoms with Gasteiger partial charge in [0.15, 0.2) is 11.2 Å². The van der Waals surface area contributed by atoms with Gasteiger partial charge in [0.2, 0.25) is 0 Å². The number of hydrogen-bond acceptors (Lipinski definition) is 5. The minimum Gasteiger partial charge on any atom is -0.497 e. The standard InChI is InChI=1S/C22H22N4O4/c1-29-13-12-25-18-20(23-19(25)16-8-10-17(30-2)11-9-16)26(22(28)24-21(18)27)14-15-6-4-3-5-7-15/h3-11H,12-14H2,1-2H3,(H,24,27,28). The van der Waals surface area contributed by atoms with Crippen LogP contribution in [-0.4, -0.2) is 39.9 Å². The summed E-state index contributed by atoms with van der Waals surface area (Å²) in [4.78, 5) is 32.5. The van der Waals surface area contributed by atoms with Crippen molar-refractivity contribution in [2.75, 3.05) is 20.8 Å². The number of rotatable bonds is 7. The molecule has 2 aromatic carbocycles. The van der Waals surface area contributed by atoms with E-state index in [1.54, 1.807) is 18.8 Å². The van der Waals surface area contributed by atoms with E-state index in [1.807, 2.05) is 54.6 Å². The van der Waals surface area contributed by atoms with Crippen LogP contribution in [0.2, 0.25) is 0 Å². The molecule has 0 bridgehead atoms. The van der Waals surface area contributed by atoms with E-state index < -0.39 is 11.2 Å². The van der Waals surface area contributed by atoms with Crippen LogP contribution in [0.3, 0.4) is 0 Å². The lowest BCUT2D eigenvalue weighted by atomic mass is 10.2. The third-order valence-corrected chi connectivity index (χ3v) is 4.94. The van der Waals surface area contributed by atoms with Crippen molar-refractivity contribution in [3.63, 3.8) is 0 Å². The molecule has 0 amide bonds. The predicted octanol–water partition coefficient (Wildman–Crippen LogP) is 2.26. The lowest BCUT2D eigenvalue weighted by Crippen LogP contribution is -2.31. The molecule has 0 saturated carbocycles. The summed E-state index contributed by atoms with van der Waals surface area (Å²) in [6.45, 7) is 1.11. The number of aromatic nitrogens is 4. The van der Waals surface area contributed by atoms with E-state index in [9.17, 15) is 9.59 Å². The molecular formula is C22H22N4O4. The Labute approximate surface area is 172 Å². The summed E-state index contributed by atoms with van der Waals surface area (Å²) in [6, 6.07) is 17.0. The average Bonchev–Trinajstić information content (AvgIpc) is 3.15. The second kappa shape index (κ2) is 8.38. The summed E-state index contributed by atoms with van der Waals surface area (Å²) in [5, 5.41) is 0. The van der Waals surface area contributed by atoms with Gasteiger partial charge in [0.25, 0.3) is 5.56 Å². The number of fused-ring (bicyclic) bond motifs is 1. The molecule has 0 saturated heterocycles. The van der Waals surface area contributed by atoms with Crippen molar-refractivity contribution in [3.8, 4) is 17.1 Å². The van der Waals surface area contributed by atoms with Crippen LogP contribution in [0.25, 0.3) is 22.6 Å². The lowest BCUT2D eigenvalue weighted by Gasteiger charge is -2.09. The summed E-state index contributed by atoms with van der Waals surface area (Å²) in [5.74, 6) is 1.31. The van der Waals surface area contributed by atoms with Crippen LogP contribution < -0.4 is 16.0 Å². The first-order valence-electron chi connectivity index (χ1n) is 9.53. The maximum Gasteiger partial charge on any atom is 0.330 e. The first-order valence-corrected chi connectivity index (χ1v) is 9.53. The summed E-state index contributed by atoms with van der Waals surface area (Å²) in [7, 11) is 3.20. The SMILES string of the molecule is COCCn1c(-c2ccc(OC)cc2)nc2c1c(=O)[nH]c(=O)n2Cc1ccccc1. The van der Waals surface area contributed by atoms with Crippen LogP contribution in [0.4, 0.5) is 0 Å². The molecule has 0 aliphatic heterocycles. The van der Waals surface area contributed by atoms with Crippen molar-refractivity contribution in [2.45, 2.75) is 13.1 Å². The van der Waals surface area contributed by atoms with Crippen LogP contribution in [0.15, 0.2) is 64.2 Å². The summed E-state index contributed by atoms with van der Waals surface area (Å²) >= 11 is 0. The van der Waals surface area contributed by atoms with Crippen molar-refractivity contribution >= 4 is 11.2 Å². The number of imidazole rings is 1. The highest BCUT2D eigenvalue weighted by Gasteiger charge is 2.19. The molecule has 154 valence electrons. The minimum absolute atomic E-state index is 0.302. The molecule has 0 radical (unpaired) electrons. The molecule has 8 heteroatoms. The van der Waals surface area contributed by atoms with Gasteiger partial charge in [0, 0.05) is 19.2 Å². The van der Waals surface area contributed by atoms with Gasteiger partial charge in [0.05, 0.1) is 20.3 Å². The van der Waals surface area contributed by atoms with Crippen LogP contribution in [0.1, 0.15) is 5.56 Å². The number of benzene rings is 2. The Balaban J connectivity index is 1.95. The molecule has 0 atom stereocenters. The van der Waals surface area contributed by atoms with Crippen LogP contribution >= 0.6 is 0 Å². The van der Waals surface area contributed by atoms with Gasteiger partial charge in [0.1, 0.15) is 11.6 Å². The third-order valence-electron chi connectivity index (χ3n) is 4.94. The van der Waals surface area contributed by atoms with Gasteiger partial charge in [-0.3, -0.25) is 14.3 Å². The normalized spacial score (nSPS) is 11.1. The number of aromatic amines is 1. The molecule has 4 aromatic rings. The molecule has 0 aliphatic carbocycles. The Morgan fingerprint density at radius 1 is 0.967 bits per heavy atom. The summed E-state index contributed by atoms with van der Waals surface area (Å²) < 4.78 is 13.7. The summed E-state index contributed by atoms with van der Waals surface area (Å²) in [5.41, 5.74) is 1.46. The molecule has 4 rings (SSSR count). The van der Waals surface area contributed by atoms with Crippen molar-refractivity contribution in [2.24, 2.45) is 0 Å². The molecule has 30 heavy (non-hydrogen) atoms. The highest BCUT2D eigenvalue weighted by atomic mass is 16.5. The molecule has 8 nitrogen and oxygen atoms in total. The van der Waals surface area contributed by atoms with Gasteiger partial charge >= 0.3 is 5.69 Å². The first-order chi connectivity index (χ1) is 14.6. The van der Waals surface area contributed by atoms with Crippen molar-refractivity contribution < 1.29 is 9.47 Å². The molecule has 0 spiro atoms. The zero-order valence-electron chi connectivity index (χ0n) is 16.8. The van der Waals surface area contributed by atoms with E-state index in [0.29, 0.717) is 36.7 Å². The smallest absolute Gasteiger partial charge is 0.330 e. The fourth-order valence-electron chi connectivity index (χ4n) is 3.45. The lowest BCUT2D eigenvalue weighted by molar-refractivity contribution is 0.188. The highest BCUT2D eigenvalue weighted by molar-refractivity contribution is 5.77. The average molecular weight is 406 g/mol. The van der Waals surface area contributed by atoms with Crippen LogP contribution in [0.5, 0.6) is 5.75 Å². The number of nitrogens with zero attached hydrogens (tertiary/aromatic N) is 3. The van der Waals surface area contributed by atoms with Crippen LogP contribution in [-0.2, 0) is 17.8 Å². The zero-order valence-corrected chi connectivity index (χ0v) is 16.8. The molecule has 0 aliphatic rings. The van der Waals surface area contributed by atoms with Crippen molar-refractivity contribution in [1.82, 2.24) is 19.1 Å². The number of hydrogen-bond donors (Lipinski definition) is 1. The topological polar surface area (TPSA) is 91.1 Å². The Bertz CT molecular complexity index is 1270. The molecule has 0 fully saturated rings. The molecule has 1 N–H and O–H groups in total.